The topological polar surface area (TPSA) is 231 Å². The number of rotatable bonds is 99. The fourth-order valence-corrected chi connectivity index (χ4v) is 16.1. The van der Waals surface area contributed by atoms with Crippen LogP contribution in [0.15, 0.2) is 170 Å². The lowest BCUT2D eigenvalue weighted by molar-refractivity contribution is -0.161. The van der Waals surface area contributed by atoms with Crippen LogP contribution in [0.25, 0.3) is 0 Å². The van der Waals surface area contributed by atoms with Crippen molar-refractivity contribution < 1.29 is 75.8 Å². The molecule has 0 aromatic carbocycles. The van der Waals surface area contributed by atoms with Crippen LogP contribution in [0.5, 0.6) is 0 Å². The van der Waals surface area contributed by atoms with Gasteiger partial charge >= 0.3 is 33.6 Å². The highest BCUT2D eigenvalue weighted by Gasteiger charge is 2.30. The zero-order valence-electron chi connectivity index (χ0n) is 82.3. The Morgan fingerprint density at radius 3 is 0.651 bits per heavy atom. The van der Waals surface area contributed by atoms with E-state index in [1.54, 1.807) is 0 Å². The Labute approximate surface area is 790 Å². The van der Waals surface area contributed by atoms with Crippen molar-refractivity contribution in [1.29, 1.82) is 0 Å². The third-order valence-electron chi connectivity index (χ3n) is 22.4. The second-order valence-electron chi connectivity index (χ2n) is 34.9. The molecule has 5 atom stereocenters. The molecule has 0 amide bonds. The first-order valence-electron chi connectivity index (χ1n) is 52.4. The van der Waals surface area contributed by atoms with Gasteiger partial charge in [0.05, 0.1) is 26.4 Å². The molecule has 16 nitrogen and oxygen atoms in total. The molecule has 0 aromatic rings. The number of aliphatic hydroxyl groups excluding tert-OH is 2. The summed E-state index contributed by atoms with van der Waals surface area (Å²) in [6.07, 6.45) is 134. The zero-order valence-corrected chi connectivity index (χ0v) is 84.1. The largest absolute Gasteiger partial charge is 0.472 e. The summed E-state index contributed by atoms with van der Waals surface area (Å²) in [7, 11) is -9.82. The standard InChI is InChI=1S/C111H192O16P2/c1-4-7-10-13-16-19-22-25-28-31-34-37-40-43-45-47-49-51-52-54-56-57-59-62-64-67-70-73-76-79-82-85-88-91-94-97-109(114)121-100-106(112)101-123-128(117,118)124-102-107(113)103-125-129(119,120)126-105-108(127-111(116)99-96-93-90-87-84-81-78-75-72-69-66-61-42-39-36-33-30-27-24-21-18-15-12-9-6-3)104-122-110(115)98-95-92-89-86-83-80-77-74-71-68-65-63-60-58-55-53-50-48-46-44-41-38-35-32-29-26-23-20-17-14-11-8-5-2/h7,9-10,12,16-21,25-30,34-39,43-46,61,66,106-108,112-113H,4-6,8,11,13-15,22-24,31-33,40-42,47-60,62-65,67-105H2,1-3H3,(H,117,118)(H,119,120)/b10-7-,12-9-,19-16-,20-17-,21-18-,28-25-,29-26-,30-27-,37-34-,38-35-,39-36-,45-43-,46-44-,66-61-. The van der Waals surface area contributed by atoms with E-state index >= 15 is 0 Å². The van der Waals surface area contributed by atoms with Crippen molar-refractivity contribution in [3.05, 3.63) is 170 Å². The predicted molar refractivity (Wildman–Crippen MR) is 546 cm³/mol. The van der Waals surface area contributed by atoms with E-state index < -0.39 is 91.5 Å². The van der Waals surface area contributed by atoms with E-state index in [0.29, 0.717) is 19.3 Å². The molecule has 742 valence electrons. The number of carbonyl (C=O) groups excluding carboxylic acids is 3. The Morgan fingerprint density at radius 2 is 0.411 bits per heavy atom. The van der Waals surface area contributed by atoms with Gasteiger partial charge in [0.2, 0.25) is 0 Å². The second kappa shape index (κ2) is 102. The van der Waals surface area contributed by atoms with E-state index in [1.165, 1.54) is 244 Å². The van der Waals surface area contributed by atoms with E-state index in [1.807, 2.05) is 0 Å². The first-order chi connectivity index (χ1) is 63.2. The van der Waals surface area contributed by atoms with Gasteiger partial charge in [0.1, 0.15) is 25.4 Å². The molecule has 0 heterocycles. The third-order valence-corrected chi connectivity index (χ3v) is 24.3. The van der Waals surface area contributed by atoms with E-state index in [0.717, 1.165) is 154 Å². The number of hydrogen-bond acceptors (Lipinski definition) is 14. The molecule has 18 heteroatoms. The Morgan fingerprint density at radius 1 is 0.225 bits per heavy atom. The summed E-state index contributed by atoms with van der Waals surface area (Å²) < 4.78 is 61.7. The molecule has 0 saturated carbocycles. The average molecular weight is 1840 g/mol. The molecule has 0 saturated heterocycles. The normalized spacial score (nSPS) is 14.3. The van der Waals surface area contributed by atoms with Gasteiger partial charge in [-0.15, -0.1) is 0 Å². The number of phosphoric acid groups is 2. The maximum absolute atomic E-state index is 13.1. The zero-order chi connectivity index (χ0) is 93.5. The molecule has 5 unspecified atom stereocenters. The molecule has 0 spiro atoms. The minimum absolute atomic E-state index is 0.0950. The highest BCUT2D eigenvalue weighted by molar-refractivity contribution is 7.47. The first-order valence-corrected chi connectivity index (χ1v) is 55.4. The van der Waals surface area contributed by atoms with Crippen LogP contribution in [-0.4, -0.2) is 95.9 Å². The number of unbranched alkanes of at least 4 members (excludes halogenated alkanes) is 48. The van der Waals surface area contributed by atoms with Gasteiger partial charge in [0.25, 0.3) is 0 Å². The predicted octanol–water partition coefficient (Wildman–Crippen LogP) is 33.3. The fraction of sp³-hybridized carbons (Fsp3) is 0.721. The Kier molecular flexibility index (Phi) is 97.8. The van der Waals surface area contributed by atoms with Crippen LogP contribution in [0.4, 0.5) is 0 Å². The van der Waals surface area contributed by atoms with Gasteiger partial charge in [0.15, 0.2) is 6.10 Å². The van der Waals surface area contributed by atoms with Crippen LogP contribution in [0.2, 0.25) is 0 Å². The lowest BCUT2D eigenvalue weighted by atomic mass is 10.0. The molecular formula is C111H192O16P2. The van der Waals surface area contributed by atoms with Crippen LogP contribution < -0.4 is 0 Å². The van der Waals surface area contributed by atoms with Gasteiger partial charge < -0.3 is 34.2 Å². The highest BCUT2D eigenvalue weighted by atomic mass is 31.2. The Balaban J connectivity index is 4.56. The molecule has 4 N–H and O–H groups in total. The van der Waals surface area contributed by atoms with Crippen molar-refractivity contribution in [2.24, 2.45) is 0 Å². The molecule has 0 aliphatic carbocycles. The van der Waals surface area contributed by atoms with Crippen molar-refractivity contribution in [3.8, 4) is 0 Å². The maximum Gasteiger partial charge on any atom is 0.472 e. The maximum atomic E-state index is 13.1. The second-order valence-corrected chi connectivity index (χ2v) is 37.8. The van der Waals surface area contributed by atoms with Crippen LogP contribution in [-0.2, 0) is 55.8 Å². The number of aliphatic hydroxyl groups is 2. The number of esters is 3. The van der Waals surface area contributed by atoms with E-state index in [-0.39, 0.29) is 19.3 Å². The van der Waals surface area contributed by atoms with Crippen molar-refractivity contribution in [3.63, 3.8) is 0 Å². The van der Waals surface area contributed by atoms with Crippen molar-refractivity contribution in [2.75, 3.05) is 39.6 Å². The Hall–Kier alpha value is -5.09. The number of ether oxygens (including phenoxy) is 3. The fourth-order valence-electron chi connectivity index (χ4n) is 14.6. The number of hydrogen-bond donors (Lipinski definition) is 4. The van der Waals surface area contributed by atoms with Crippen molar-refractivity contribution in [2.45, 2.75) is 476 Å². The first kappa shape index (κ1) is 124. The lowest BCUT2D eigenvalue weighted by Gasteiger charge is -2.21. The molecule has 0 rings (SSSR count). The summed E-state index contributed by atoms with van der Waals surface area (Å²) in [6.45, 7) is 2.50. The molecule has 129 heavy (non-hydrogen) atoms. The molecule has 0 aliphatic rings. The summed E-state index contributed by atoms with van der Waals surface area (Å²) in [5, 5.41) is 20.8. The SMILES string of the molecule is CC/C=C\C/C=C\C/C=C\C/C=C\C/C=C\CCCCCCCCCCCCCCCCCCCCCC(=O)OCC(O)COP(=O)(O)OCC(O)COP(=O)(O)OCC(COC(=O)CCCCCCCCCCCCCCCCCCC/C=C\C/C=C\C/C=C\C/C=C\CCCCC)OC(=O)CCCCCCCCCCC/C=C\C/C=C\C/C=C\C/C=C\C/C=C\CC. The lowest BCUT2D eigenvalue weighted by Crippen LogP contribution is -2.30. The van der Waals surface area contributed by atoms with Gasteiger partial charge in [-0.1, -0.05) is 454 Å². The van der Waals surface area contributed by atoms with Gasteiger partial charge in [-0.3, -0.25) is 32.5 Å². The van der Waals surface area contributed by atoms with Gasteiger partial charge in [0, 0.05) is 19.3 Å². The summed E-state index contributed by atoms with van der Waals surface area (Å²) in [6, 6.07) is 0. The summed E-state index contributed by atoms with van der Waals surface area (Å²) in [5.41, 5.74) is 0. The summed E-state index contributed by atoms with van der Waals surface area (Å²) >= 11 is 0. The van der Waals surface area contributed by atoms with E-state index in [9.17, 15) is 43.5 Å². The van der Waals surface area contributed by atoms with Gasteiger partial charge in [-0.25, -0.2) is 9.13 Å². The highest BCUT2D eigenvalue weighted by Crippen LogP contribution is 2.45. The molecule has 0 bridgehead atoms. The smallest absolute Gasteiger partial charge is 0.463 e. The quantitative estimate of drug-likeness (QED) is 0.0146. The van der Waals surface area contributed by atoms with E-state index in [2.05, 4.69) is 191 Å². The minimum Gasteiger partial charge on any atom is -0.463 e. The van der Waals surface area contributed by atoms with Crippen molar-refractivity contribution >= 4 is 33.6 Å². The molecule has 0 aromatic heterocycles. The third kappa shape index (κ3) is 103. The number of phosphoric ester groups is 2. The monoisotopic (exact) mass is 1840 g/mol. The number of carbonyl (C=O) groups is 3. The Bertz CT molecular complexity index is 3030. The number of allylic oxidation sites excluding steroid dienone is 28. The average Bonchev–Trinajstić information content (AvgIpc) is 0.895. The van der Waals surface area contributed by atoms with Crippen molar-refractivity contribution in [1.82, 2.24) is 0 Å². The summed E-state index contributed by atoms with van der Waals surface area (Å²) in [4.78, 5) is 59.2. The van der Waals surface area contributed by atoms with Crippen LogP contribution in [0.1, 0.15) is 457 Å². The van der Waals surface area contributed by atoms with Crippen LogP contribution in [0.3, 0.4) is 0 Å². The molecule has 0 aliphatic heterocycles. The van der Waals surface area contributed by atoms with Crippen LogP contribution in [0, 0.1) is 0 Å². The van der Waals surface area contributed by atoms with Crippen LogP contribution >= 0.6 is 15.6 Å². The summed E-state index contributed by atoms with van der Waals surface area (Å²) in [5.74, 6) is -1.56. The molecular weight excluding hydrogens is 1650 g/mol. The van der Waals surface area contributed by atoms with E-state index in [4.69, 9.17) is 32.3 Å². The molecule has 0 radical (unpaired) electrons. The van der Waals surface area contributed by atoms with Gasteiger partial charge in [-0.2, -0.15) is 0 Å². The minimum atomic E-state index is -4.95. The molecule has 0 fully saturated rings. The van der Waals surface area contributed by atoms with Gasteiger partial charge in [-0.05, 0) is 154 Å².